The lowest BCUT2D eigenvalue weighted by molar-refractivity contribution is 0.0457. The van der Waals surface area contributed by atoms with E-state index in [1.54, 1.807) is 0 Å². The number of nitrogens with one attached hydrogen (secondary N) is 2. The fourth-order valence-electron chi connectivity index (χ4n) is 5.41. The maximum atomic E-state index is 13.0. The molecule has 0 bridgehead atoms. The van der Waals surface area contributed by atoms with Gasteiger partial charge in [0, 0.05) is 17.3 Å². The van der Waals surface area contributed by atoms with Crippen LogP contribution in [0.1, 0.15) is 85.0 Å². The van der Waals surface area contributed by atoms with Gasteiger partial charge < -0.3 is 19.4 Å². The van der Waals surface area contributed by atoms with Crippen molar-refractivity contribution < 1.29 is 19.1 Å². The number of hydrogen-bond donors (Lipinski definition) is 2. The van der Waals surface area contributed by atoms with E-state index in [0.29, 0.717) is 11.4 Å². The maximum absolute atomic E-state index is 13.0. The van der Waals surface area contributed by atoms with E-state index in [0.717, 1.165) is 58.5 Å². The minimum atomic E-state index is -0.353. The number of benzene rings is 2. The molecular formula is C31H32N2O4. The lowest BCUT2D eigenvalue weighted by Gasteiger charge is -2.12. The minimum Gasteiger partial charge on any atom is -0.456 e. The highest BCUT2D eigenvalue weighted by Gasteiger charge is 2.34. The molecule has 2 aromatic carbocycles. The molecule has 0 spiro atoms. The quantitative estimate of drug-likeness (QED) is 0.280. The fraction of sp³-hybridized carbons (Fsp3) is 0.290. The molecule has 190 valence electrons. The number of H-pyrrole nitrogens is 2. The maximum Gasteiger partial charge on any atom is 0.355 e. The largest absolute Gasteiger partial charge is 0.456 e. The van der Waals surface area contributed by atoms with Crippen molar-refractivity contribution in [3.63, 3.8) is 0 Å². The summed E-state index contributed by atoms with van der Waals surface area (Å²) in [5, 5.41) is 0. The normalized spacial score (nSPS) is 14.4. The van der Waals surface area contributed by atoms with Gasteiger partial charge in [0.25, 0.3) is 0 Å². The van der Waals surface area contributed by atoms with Crippen molar-refractivity contribution in [3.05, 3.63) is 117 Å². The molecule has 0 fully saturated rings. The summed E-state index contributed by atoms with van der Waals surface area (Å²) in [6, 6.07) is 19.3. The highest BCUT2D eigenvalue weighted by molar-refractivity contribution is 5.91. The van der Waals surface area contributed by atoms with Crippen LogP contribution in [-0.4, -0.2) is 21.9 Å². The lowest BCUT2D eigenvalue weighted by Crippen LogP contribution is -2.09. The summed E-state index contributed by atoms with van der Waals surface area (Å²) < 4.78 is 11.2. The molecule has 0 aliphatic heterocycles. The van der Waals surface area contributed by atoms with Crippen LogP contribution in [-0.2, 0) is 35.5 Å². The van der Waals surface area contributed by atoms with Crippen molar-refractivity contribution in [2.24, 2.45) is 0 Å². The Balaban J connectivity index is 1.37. The van der Waals surface area contributed by atoms with Gasteiger partial charge in [-0.15, -0.1) is 0 Å². The Morgan fingerprint density at radius 2 is 1.30 bits per heavy atom. The van der Waals surface area contributed by atoms with Gasteiger partial charge in [0.05, 0.1) is 0 Å². The third-order valence-corrected chi connectivity index (χ3v) is 7.39. The van der Waals surface area contributed by atoms with Crippen molar-refractivity contribution in [1.29, 1.82) is 0 Å². The van der Waals surface area contributed by atoms with E-state index in [2.05, 4.69) is 16.9 Å². The topological polar surface area (TPSA) is 84.2 Å². The molecule has 2 N–H and O–H groups in total. The first-order valence-corrected chi connectivity index (χ1v) is 12.8. The van der Waals surface area contributed by atoms with Gasteiger partial charge in [0.1, 0.15) is 24.6 Å². The molecule has 2 heterocycles. The molecule has 5 rings (SSSR count). The van der Waals surface area contributed by atoms with Crippen LogP contribution in [0.25, 0.3) is 0 Å². The minimum absolute atomic E-state index is 0.0497. The van der Waals surface area contributed by atoms with Crippen molar-refractivity contribution >= 4 is 11.9 Å². The molecule has 1 aliphatic carbocycles. The van der Waals surface area contributed by atoms with Crippen molar-refractivity contribution in [2.75, 3.05) is 0 Å². The molecule has 1 unspecified atom stereocenters. The van der Waals surface area contributed by atoms with Crippen LogP contribution in [0, 0.1) is 13.8 Å². The summed E-state index contributed by atoms with van der Waals surface area (Å²) in [6.07, 6.45) is 2.57. The zero-order valence-corrected chi connectivity index (χ0v) is 21.5. The van der Waals surface area contributed by atoms with Gasteiger partial charge in [-0.2, -0.15) is 0 Å². The van der Waals surface area contributed by atoms with Gasteiger partial charge >= 0.3 is 11.9 Å². The second-order valence-electron chi connectivity index (χ2n) is 9.60. The van der Waals surface area contributed by atoms with Gasteiger partial charge in [-0.05, 0) is 66.5 Å². The summed E-state index contributed by atoms with van der Waals surface area (Å²) in [6.45, 7) is 6.51. The molecule has 6 heteroatoms. The number of fused-ring (bicyclic) bond motifs is 1. The lowest BCUT2D eigenvalue weighted by atomic mass is 9.96. The second kappa shape index (κ2) is 10.5. The number of rotatable bonds is 8. The molecule has 0 amide bonds. The van der Waals surface area contributed by atoms with Gasteiger partial charge in [-0.3, -0.25) is 0 Å². The zero-order valence-electron chi connectivity index (χ0n) is 21.5. The molecule has 1 atom stereocenters. The Hall–Kier alpha value is -4.06. The second-order valence-corrected chi connectivity index (χ2v) is 9.60. The summed E-state index contributed by atoms with van der Waals surface area (Å²) in [5.74, 6) is -0.653. The van der Waals surface area contributed by atoms with Crippen LogP contribution in [0.3, 0.4) is 0 Å². The average Bonchev–Trinajstić information content (AvgIpc) is 3.59. The first-order chi connectivity index (χ1) is 18.0. The van der Waals surface area contributed by atoms with Crippen LogP contribution in [0.5, 0.6) is 0 Å². The van der Waals surface area contributed by atoms with E-state index in [1.807, 2.05) is 74.5 Å². The van der Waals surface area contributed by atoms with E-state index in [4.69, 9.17) is 9.47 Å². The highest BCUT2D eigenvalue weighted by Crippen LogP contribution is 2.42. The first kappa shape index (κ1) is 24.6. The molecular weight excluding hydrogens is 464 g/mol. The van der Waals surface area contributed by atoms with Crippen molar-refractivity contribution in [1.82, 2.24) is 9.97 Å². The number of ether oxygens (including phenoxy) is 2. The van der Waals surface area contributed by atoms with Gasteiger partial charge in [-0.1, -0.05) is 67.6 Å². The Bertz CT molecular complexity index is 1420. The predicted octanol–water partition coefficient (Wildman–Crippen LogP) is 6.31. The Morgan fingerprint density at radius 3 is 1.84 bits per heavy atom. The fourth-order valence-corrected chi connectivity index (χ4v) is 5.41. The SMILES string of the molecule is CCc1c(C2CCc3c2[nH]c(C(=O)OCc2ccccc2)c3C)[nH]c(C(=O)OCc2ccccc2)c1C. The number of aromatic nitrogens is 2. The van der Waals surface area contributed by atoms with E-state index in [-0.39, 0.29) is 31.1 Å². The summed E-state index contributed by atoms with van der Waals surface area (Å²) in [4.78, 5) is 32.7. The molecule has 0 radical (unpaired) electrons. The molecule has 0 saturated carbocycles. The van der Waals surface area contributed by atoms with Gasteiger partial charge in [0.15, 0.2) is 0 Å². The predicted molar refractivity (Wildman–Crippen MR) is 142 cm³/mol. The smallest absolute Gasteiger partial charge is 0.355 e. The van der Waals surface area contributed by atoms with Crippen molar-refractivity contribution in [2.45, 2.75) is 59.2 Å². The Labute approximate surface area is 217 Å². The number of aromatic amines is 2. The van der Waals surface area contributed by atoms with Crippen LogP contribution < -0.4 is 0 Å². The third kappa shape index (κ3) is 4.84. The number of carbonyl (C=O) groups is 2. The van der Waals surface area contributed by atoms with Crippen LogP contribution >= 0.6 is 0 Å². The Kier molecular flexibility index (Phi) is 6.99. The zero-order chi connectivity index (χ0) is 25.9. The van der Waals surface area contributed by atoms with Gasteiger partial charge in [-0.25, -0.2) is 9.59 Å². The van der Waals surface area contributed by atoms with E-state index >= 15 is 0 Å². The first-order valence-electron chi connectivity index (χ1n) is 12.8. The molecule has 6 nitrogen and oxygen atoms in total. The number of hydrogen-bond acceptors (Lipinski definition) is 4. The molecule has 1 aliphatic rings. The highest BCUT2D eigenvalue weighted by atomic mass is 16.5. The molecule has 4 aromatic rings. The molecule has 2 aromatic heterocycles. The van der Waals surface area contributed by atoms with Crippen molar-refractivity contribution in [3.8, 4) is 0 Å². The van der Waals surface area contributed by atoms with Crippen LogP contribution in [0.15, 0.2) is 60.7 Å². The Morgan fingerprint density at radius 1 is 0.784 bits per heavy atom. The standard InChI is InChI=1S/C31H32N2O4/c1-4-23-19(2)26(30(34)36-17-21-11-7-5-8-12-21)32-28(23)25-16-15-24-20(3)27(33-29(24)25)31(35)37-18-22-13-9-6-10-14-22/h5-14,25,32-33H,4,15-18H2,1-3H3. The monoisotopic (exact) mass is 496 g/mol. The van der Waals surface area contributed by atoms with Crippen LogP contribution in [0.4, 0.5) is 0 Å². The van der Waals surface area contributed by atoms with E-state index in [1.165, 1.54) is 5.56 Å². The van der Waals surface area contributed by atoms with E-state index in [9.17, 15) is 9.59 Å². The molecule has 0 saturated heterocycles. The average molecular weight is 497 g/mol. The molecule has 37 heavy (non-hydrogen) atoms. The number of carbonyl (C=O) groups excluding carboxylic acids is 2. The van der Waals surface area contributed by atoms with Crippen LogP contribution in [0.2, 0.25) is 0 Å². The van der Waals surface area contributed by atoms with Gasteiger partial charge in [0.2, 0.25) is 0 Å². The van der Waals surface area contributed by atoms with E-state index < -0.39 is 0 Å². The summed E-state index contributed by atoms with van der Waals surface area (Å²) in [5.41, 5.74) is 9.13. The summed E-state index contributed by atoms with van der Waals surface area (Å²) >= 11 is 0. The summed E-state index contributed by atoms with van der Waals surface area (Å²) in [7, 11) is 0. The third-order valence-electron chi connectivity index (χ3n) is 7.39. The number of esters is 2.